The first kappa shape index (κ1) is 31.9. The highest BCUT2D eigenvalue weighted by atomic mass is 16.7. The summed E-state index contributed by atoms with van der Waals surface area (Å²) in [6.07, 6.45) is 0.842. The van der Waals surface area contributed by atoms with Crippen LogP contribution in [0.25, 0.3) is 0 Å². The Morgan fingerprint density at radius 3 is 2.21 bits per heavy atom. The van der Waals surface area contributed by atoms with Crippen LogP contribution in [0.3, 0.4) is 0 Å². The second kappa shape index (κ2) is 14.6. The molecule has 0 saturated carbocycles. The smallest absolute Gasteiger partial charge is 0.408 e. The van der Waals surface area contributed by atoms with Crippen LogP contribution < -0.4 is 10.1 Å². The van der Waals surface area contributed by atoms with E-state index < -0.39 is 12.1 Å². The zero-order valence-corrected chi connectivity index (χ0v) is 26.9. The van der Waals surface area contributed by atoms with Crippen molar-refractivity contribution in [1.29, 1.82) is 0 Å². The molecule has 2 bridgehead atoms. The number of hydrogen-bond donors (Lipinski definition) is 2. The standard InChI is InChI=1S/C39H41N3O6/c43-37(40-24-27-9-15-32(16-10-27)38-46-21-22-47-38)31-13-11-28(12-14-31)26-48-34-8-4-7-33(23-34)36(30-5-2-1-3-6-30)42(39(44)45)35-25-41-19-17-29(35)18-20-41/h1-16,23,29,35-36,38H,17-22,24-26H2,(H,40,43)(H,44,45)/t35?,36-/m0/s1. The minimum atomic E-state index is -0.902. The molecule has 2 atom stereocenters. The lowest BCUT2D eigenvalue weighted by atomic mass is 9.81. The number of nitrogens with zero attached hydrogens (tertiary/aromatic N) is 2. The van der Waals surface area contributed by atoms with Crippen LogP contribution in [0.1, 0.15) is 63.3 Å². The van der Waals surface area contributed by atoms with Crippen LogP contribution in [0.15, 0.2) is 103 Å². The van der Waals surface area contributed by atoms with Gasteiger partial charge in [0.25, 0.3) is 5.91 Å². The summed E-state index contributed by atoms with van der Waals surface area (Å²) in [5.74, 6) is 0.867. The number of hydrogen-bond acceptors (Lipinski definition) is 6. The van der Waals surface area contributed by atoms with Gasteiger partial charge in [-0.05, 0) is 78.4 Å². The number of carbonyl (C=O) groups excluding carboxylic acids is 1. The zero-order chi connectivity index (χ0) is 32.9. The van der Waals surface area contributed by atoms with Gasteiger partial charge in [0.1, 0.15) is 12.4 Å². The maximum absolute atomic E-state index is 12.9. The Kier molecular flexibility index (Phi) is 9.70. The quantitative estimate of drug-likeness (QED) is 0.194. The molecule has 0 radical (unpaired) electrons. The third-order valence-electron chi connectivity index (χ3n) is 9.72. The average molecular weight is 648 g/mol. The summed E-state index contributed by atoms with van der Waals surface area (Å²) in [7, 11) is 0. The van der Waals surface area contributed by atoms with E-state index in [0.717, 1.165) is 60.3 Å². The predicted molar refractivity (Wildman–Crippen MR) is 181 cm³/mol. The molecule has 4 heterocycles. The zero-order valence-electron chi connectivity index (χ0n) is 26.9. The maximum Gasteiger partial charge on any atom is 0.408 e. The fraction of sp³-hybridized carbons (Fsp3) is 0.333. The molecule has 4 aliphatic rings. The Hall–Kier alpha value is -4.70. The third kappa shape index (κ3) is 7.23. The van der Waals surface area contributed by atoms with E-state index in [-0.39, 0.29) is 18.2 Å². The minimum absolute atomic E-state index is 0.0668. The highest BCUT2D eigenvalue weighted by molar-refractivity contribution is 5.94. The van der Waals surface area contributed by atoms with Crippen molar-refractivity contribution in [2.75, 3.05) is 32.8 Å². The lowest BCUT2D eigenvalue weighted by Crippen LogP contribution is -2.59. The van der Waals surface area contributed by atoms with Gasteiger partial charge in [-0.15, -0.1) is 0 Å². The second-order valence-electron chi connectivity index (χ2n) is 12.8. The molecule has 4 aliphatic heterocycles. The number of benzene rings is 4. The van der Waals surface area contributed by atoms with Crippen molar-refractivity contribution in [3.8, 4) is 5.75 Å². The highest BCUT2D eigenvalue weighted by Gasteiger charge is 2.43. The topological polar surface area (TPSA) is 101 Å². The van der Waals surface area contributed by atoms with Crippen molar-refractivity contribution < 1.29 is 28.9 Å². The number of carboxylic acid groups (broad SMARTS) is 1. The van der Waals surface area contributed by atoms with E-state index in [4.69, 9.17) is 14.2 Å². The molecule has 4 aromatic carbocycles. The fourth-order valence-corrected chi connectivity index (χ4v) is 7.16. The van der Waals surface area contributed by atoms with E-state index in [1.807, 2.05) is 91.0 Å². The molecule has 4 fully saturated rings. The van der Waals surface area contributed by atoms with Gasteiger partial charge in [-0.3, -0.25) is 9.69 Å². The first-order valence-electron chi connectivity index (χ1n) is 16.7. The molecular weight excluding hydrogens is 606 g/mol. The van der Waals surface area contributed by atoms with Crippen LogP contribution in [0, 0.1) is 5.92 Å². The number of fused-ring (bicyclic) bond motifs is 3. The van der Waals surface area contributed by atoms with E-state index in [9.17, 15) is 14.7 Å². The molecule has 1 unspecified atom stereocenters. The molecule has 2 N–H and O–H groups in total. The summed E-state index contributed by atoms with van der Waals surface area (Å²) in [6, 6.07) is 32.4. The van der Waals surface area contributed by atoms with Crippen molar-refractivity contribution in [3.05, 3.63) is 137 Å². The van der Waals surface area contributed by atoms with Gasteiger partial charge < -0.3 is 29.5 Å². The lowest BCUT2D eigenvalue weighted by Gasteiger charge is -2.50. The molecular formula is C39H41N3O6. The Bertz CT molecular complexity index is 1680. The van der Waals surface area contributed by atoms with Gasteiger partial charge in [0.05, 0.1) is 25.3 Å². The summed E-state index contributed by atoms with van der Waals surface area (Å²) >= 11 is 0. The molecule has 8 rings (SSSR count). The molecule has 9 heteroatoms. The lowest BCUT2D eigenvalue weighted by molar-refractivity contribution is -0.0441. The van der Waals surface area contributed by atoms with Crippen LogP contribution in [-0.4, -0.2) is 65.8 Å². The molecule has 2 amide bonds. The number of carbonyl (C=O) groups is 2. The molecule has 248 valence electrons. The van der Waals surface area contributed by atoms with E-state index >= 15 is 0 Å². The number of rotatable bonds is 11. The SMILES string of the molecule is O=C(NCc1ccc(C2OCCO2)cc1)c1ccc(COc2cccc([C@H](c3ccccc3)N(C(=O)O)C3CN4CCC3CC4)c2)cc1. The number of nitrogens with one attached hydrogen (secondary N) is 1. The second-order valence-corrected chi connectivity index (χ2v) is 12.8. The summed E-state index contributed by atoms with van der Waals surface area (Å²) in [5.41, 5.74) is 5.25. The number of piperidine rings is 3. The summed E-state index contributed by atoms with van der Waals surface area (Å²) < 4.78 is 17.3. The first-order valence-corrected chi connectivity index (χ1v) is 16.7. The van der Waals surface area contributed by atoms with E-state index in [2.05, 4.69) is 10.2 Å². The molecule has 4 saturated heterocycles. The summed E-state index contributed by atoms with van der Waals surface area (Å²) in [5, 5.41) is 13.6. The molecule has 9 nitrogen and oxygen atoms in total. The molecule has 0 aliphatic carbocycles. The number of amides is 2. The Labute approximate surface area is 281 Å². The largest absolute Gasteiger partial charge is 0.489 e. The molecule has 0 spiro atoms. The first-order chi connectivity index (χ1) is 23.5. The van der Waals surface area contributed by atoms with Crippen LogP contribution in [0.2, 0.25) is 0 Å². The van der Waals surface area contributed by atoms with Crippen molar-refractivity contribution in [1.82, 2.24) is 15.1 Å². The molecule has 0 aromatic heterocycles. The highest BCUT2D eigenvalue weighted by Crippen LogP contribution is 2.39. The Morgan fingerprint density at radius 2 is 1.54 bits per heavy atom. The maximum atomic E-state index is 12.9. The monoisotopic (exact) mass is 647 g/mol. The van der Waals surface area contributed by atoms with Gasteiger partial charge in [0.2, 0.25) is 0 Å². The van der Waals surface area contributed by atoms with Crippen molar-refractivity contribution in [2.24, 2.45) is 5.92 Å². The summed E-state index contributed by atoms with van der Waals surface area (Å²) in [4.78, 5) is 29.8. The van der Waals surface area contributed by atoms with Gasteiger partial charge >= 0.3 is 6.09 Å². The Morgan fingerprint density at radius 1 is 0.854 bits per heavy atom. The van der Waals surface area contributed by atoms with Gasteiger partial charge in [0, 0.05) is 24.2 Å². The van der Waals surface area contributed by atoms with Crippen molar-refractivity contribution in [2.45, 2.75) is 44.4 Å². The summed E-state index contributed by atoms with van der Waals surface area (Å²) in [6.45, 7) is 4.78. The third-order valence-corrected chi connectivity index (χ3v) is 9.72. The van der Waals surface area contributed by atoms with E-state index in [1.54, 1.807) is 17.0 Å². The predicted octanol–water partition coefficient (Wildman–Crippen LogP) is 6.40. The van der Waals surface area contributed by atoms with Gasteiger partial charge in [-0.2, -0.15) is 0 Å². The van der Waals surface area contributed by atoms with Gasteiger partial charge in [-0.25, -0.2) is 4.79 Å². The van der Waals surface area contributed by atoms with Crippen LogP contribution in [-0.2, 0) is 22.6 Å². The number of ether oxygens (including phenoxy) is 3. The minimum Gasteiger partial charge on any atom is -0.489 e. The average Bonchev–Trinajstić information content (AvgIpc) is 3.69. The normalized spacial score (nSPS) is 21.0. The molecule has 4 aromatic rings. The van der Waals surface area contributed by atoms with Gasteiger partial charge in [0.15, 0.2) is 6.29 Å². The van der Waals surface area contributed by atoms with Crippen LogP contribution in [0.4, 0.5) is 4.79 Å². The molecule has 48 heavy (non-hydrogen) atoms. The van der Waals surface area contributed by atoms with Crippen molar-refractivity contribution in [3.63, 3.8) is 0 Å². The van der Waals surface area contributed by atoms with Crippen molar-refractivity contribution >= 4 is 12.0 Å². The van der Waals surface area contributed by atoms with Crippen LogP contribution in [0.5, 0.6) is 5.75 Å². The van der Waals surface area contributed by atoms with E-state index in [1.165, 1.54) is 0 Å². The fourth-order valence-electron chi connectivity index (χ4n) is 7.16. The van der Waals surface area contributed by atoms with Crippen LogP contribution >= 0.6 is 0 Å². The van der Waals surface area contributed by atoms with Gasteiger partial charge in [-0.1, -0.05) is 78.9 Å². The Balaban J connectivity index is 0.997. The van der Waals surface area contributed by atoms with E-state index in [0.29, 0.717) is 43.6 Å².